The Labute approximate surface area is 201 Å². The number of halogens is 3. The number of alkyl halides is 3. The molecule has 1 aliphatic heterocycles. The number of rotatable bonds is 7. The van der Waals surface area contributed by atoms with Crippen LogP contribution in [0.2, 0.25) is 0 Å². The molecule has 2 atom stereocenters. The summed E-state index contributed by atoms with van der Waals surface area (Å²) >= 11 is 1.69. The van der Waals surface area contributed by atoms with E-state index in [4.69, 9.17) is 0 Å². The number of aromatic nitrogens is 5. The predicted octanol–water partition coefficient (Wildman–Crippen LogP) is 4.96. The van der Waals surface area contributed by atoms with E-state index in [0.717, 1.165) is 61.1 Å². The van der Waals surface area contributed by atoms with Crippen molar-refractivity contribution in [3.8, 4) is 11.5 Å². The van der Waals surface area contributed by atoms with Gasteiger partial charge >= 0.3 is 6.18 Å². The zero-order valence-corrected chi connectivity index (χ0v) is 20.0. The minimum atomic E-state index is -4.27. The van der Waals surface area contributed by atoms with Gasteiger partial charge in [0.2, 0.25) is 0 Å². The summed E-state index contributed by atoms with van der Waals surface area (Å²) in [6, 6.07) is 5.76. The van der Waals surface area contributed by atoms with Crippen LogP contribution >= 0.6 is 11.8 Å². The molecule has 2 aliphatic rings. The minimum absolute atomic E-state index is 0.250. The molecule has 0 bridgehead atoms. The molecule has 34 heavy (non-hydrogen) atoms. The molecule has 3 heterocycles. The van der Waals surface area contributed by atoms with Crippen LogP contribution in [0.25, 0.3) is 11.5 Å². The Balaban J connectivity index is 1.09. The summed E-state index contributed by atoms with van der Waals surface area (Å²) < 4.78 is 40.4. The van der Waals surface area contributed by atoms with Gasteiger partial charge in [-0.05, 0) is 68.3 Å². The fourth-order valence-corrected chi connectivity index (χ4v) is 5.81. The molecule has 1 spiro atoms. The molecule has 1 aliphatic carbocycles. The van der Waals surface area contributed by atoms with Gasteiger partial charge in [0.25, 0.3) is 0 Å². The van der Waals surface area contributed by atoms with Gasteiger partial charge < -0.3 is 9.47 Å². The van der Waals surface area contributed by atoms with Crippen molar-refractivity contribution in [2.75, 3.05) is 25.4 Å². The highest BCUT2D eigenvalue weighted by molar-refractivity contribution is 7.99. The predicted molar refractivity (Wildman–Crippen MR) is 124 cm³/mol. The maximum absolute atomic E-state index is 12.8. The molecule has 0 N–H and O–H groups in total. The molecule has 2 aromatic heterocycles. The fourth-order valence-electron chi connectivity index (χ4n) is 4.97. The molecule has 2 fully saturated rings. The lowest BCUT2D eigenvalue weighted by molar-refractivity contribution is -0.137. The third-order valence-electron chi connectivity index (χ3n) is 6.99. The van der Waals surface area contributed by atoms with E-state index < -0.39 is 11.7 Å². The number of thioether (sulfide) groups is 1. The van der Waals surface area contributed by atoms with Crippen LogP contribution in [-0.4, -0.2) is 55.0 Å². The maximum Gasteiger partial charge on any atom is 0.416 e. The molecular formula is C24H27F3N6S. The molecule has 0 unspecified atom stereocenters. The van der Waals surface area contributed by atoms with E-state index in [1.54, 1.807) is 36.3 Å². The lowest BCUT2D eigenvalue weighted by atomic mass is 9.97. The second-order valence-electron chi connectivity index (χ2n) is 9.38. The third kappa shape index (κ3) is 4.70. The monoisotopic (exact) mass is 488 g/mol. The Morgan fingerprint density at radius 1 is 1.12 bits per heavy atom. The first-order valence-corrected chi connectivity index (χ1v) is 12.4. The number of aryl methyl sites for hydroxylation is 1. The van der Waals surface area contributed by atoms with Gasteiger partial charge in [-0.15, -0.1) is 10.2 Å². The van der Waals surface area contributed by atoms with Crippen molar-refractivity contribution in [3.63, 3.8) is 0 Å². The topological polar surface area (TPSA) is 59.7 Å². The van der Waals surface area contributed by atoms with Gasteiger partial charge in [0.05, 0.1) is 17.5 Å². The SMILES string of the molecule is Cc1cnc(-c2nnc(SCCCN3CC[C@]4(C[C@@H]4c4ccc(C(F)(F)F)cc4)C3)n2C)cn1. The van der Waals surface area contributed by atoms with Crippen molar-refractivity contribution < 1.29 is 13.2 Å². The first kappa shape index (κ1) is 23.3. The lowest BCUT2D eigenvalue weighted by Crippen LogP contribution is -2.23. The highest BCUT2D eigenvalue weighted by atomic mass is 32.2. The minimum Gasteiger partial charge on any atom is -0.304 e. The molecule has 3 aromatic rings. The number of likely N-dealkylation sites (tertiary alicyclic amines) is 1. The molecule has 1 saturated carbocycles. The second-order valence-corrected chi connectivity index (χ2v) is 10.4. The van der Waals surface area contributed by atoms with Crippen LogP contribution in [0.4, 0.5) is 13.2 Å². The summed E-state index contributed by atoms with van der Waals surface area (Å²) in [5.74, 6) is 2.04. The van der Waals surface area contributed by atoms with Crippen LogP contribution in [0, 0.1) is 12.3 Å². The average Bonchev–Trinajstić information content (AvgIpc) is 3.16. The normalized spacial score (nSPS) is 22.6. The van der Waals surface area contributed by atoms with E-state index in [9.17, 15) is 13.2 Å². The van der Waals surface area contributed by atoms with Crippen LogP contribution in [0.15, 0.2) is 41.8 Å². The van der Waals surface area contributed by atoms with Crippen molar-refractivity contribution in [3.05, 3.63) is 53.5 Å². The quantitative estimate of drug-likeness (QED) is 0.346. The first-order valence-electron chi connectivity index (χ1n) is 11.5. The standard InChI is InChI=1S/C24H27F3N6S/c1-16-13-29-20(14-28-16)21-30-31-22(32(21)2)34-11-3-9-33-10-8-23(15-33)12-19(23)17-4-6-18(7-5-17)24(25,26)27/h4-7,13-14,19H,3,8-12,15H2,1-2H3/t19-,23+/m1/s1. The van der Waals surface area contributed by atoms with Gasteiger partial charge in [0, 0.05) is 25.5 Å². The Kier molecular flexibility index (Phi) is 6.14. The van der Waals surface area contributed by atoms with Crippen molar-refractivity contribution in [1.29, 1.82) is 0 Å². The summed E-state index contributed by atoms with van der Waals surface area (Å²) in [4.78, 5) is 11.2. The molecule has 1 aromatic carbocycles. The van der Waals surface area contributed by atoms with Crippen molar-refractivity contribution in [2.24, 2.45) is 12.5 Å². The first-order chi connectivity index (χ1) is 16.2. The van der Waals surface area contributed by atoms with Gasteiger partial charge in [-0.1, -0.05) is 23.9 Å². The Bertz CT molecular complexity index is 1150. The van der Waals surface area contributed by atoms with E-state index >= 15 is 0 Å². The summed E-state index contributed by atoms with van der Waals surface area (Å²) in [5, 5.41) is 9.44. The van der Waals surface area contributed by atoms with Crippen LogP contribution in [-0.2, 0) is 13.2 Å². The molecule has 180 valence electrons. The maximum atomic E-state index is 12.8. The van der Waals surface area contributed by atoms with E-state index in [-0.39, 0.29) is 5.41 Å². The summed E-state index contributed by atoms with van der Waals surface area (Å²) in [7, 11) is 1.94. The van der Waals surface area contributed by atoms with Crippen LogP contribution < -0.4 is 0 Å². The molecular weight excluding hydrogens is 461 g/mol. The highest BCUT2D eigenvalue weighted by Crippen LogP contribution is 2.64. The fraction of sp³-hybridized carbons (Fsp3) is 0.500. The van der Waals surface area contributed by atoms with Crippen LogP contribution in [0.3, 0.4) is 0 Å². The zero-order chi connectivity index (χ0) is 23.9. The molecule has 0 amide bonds. The smallest absolute Gasteiger partial charge is 0.304 e. The highest BCUT2D eigenvalue weighted by Gasteiger charge is 2.57. The number of benzene rings is 1. The molecule has 1 saturated heterocycles. The summed E-state index contributed by atoms with van der Waals surface area (Å²) in [5.41, 5.74) is 2.29. The largest absolute Gasteiger partial charge is 0.416 e. The molecule has 10 heteroatoms. The lowest BCUT2D eigenvalue weighted by Gasteiger charge is -2.16. The van der Waals surface area contributed by atoms with Crippen LogP contribution in [0.5, 0.6) is 0 Å². The Morgan fingerprint density at radius 2 is 1.91 bits per heavy atom. The van der Waals surface area contributed by atoms with Crippen molar-refractivity contribution in [1.82, 2.24) is 29.6 Å². The summed E-state index contributed by atoms with van der Waals surface area (Å²) in [6.07, 6.45) is 2.40. The van der Waals surface area contributed by atoms with Crippen molar-refractivity contribution in [2.45, 2.75) is 43.4 Å². The van der Waals surface area contributed by atoms with Crippen LogP contribution in [0.1, 0.15) is 42.0 Å². The molecule has 5 rings (SSSR count). The van der Waals surface area contributed by atoms with Gasteiger partial charge in [0.1, 0.15) is 5.69 Å². The molecule has 0 radical (unpaired) electrons. The third-order valence-corrected chi connectivity index (χ3v) is 8.10. The van der Waals surface area contributed by atoms with Crippen molar-refractivity contribution >= 4 is 11.8 Å². The zero-order valence-electron chi connectivity index (χ0n) is 19.2. The van der Waals surface area contributed by atoms with E-state index in [1.807, 2.05) is 18.5 Å². The number of nitrogens with zero attached hydrogens (tertiary/aromatic N) is 6. The van der Waals surface area contributed by atoms with E-state index in [1.165, 1.54) is 12.1 Å². The number of hydrogen-bond donors (Lipinski definition) is 0. The number of hydrogen-bond acceptors (Lipinski definition) is 6. The average molecular weight is 489 g/mol. The van der Waals surface area contributed by atoms with Gasteiger partial charge in [-0.2, -0.15) is 13.2 Å². The Hall–Kier alpha value is -2.46. The van der Waals surface area contributed by atoms with Gasteiger partial charge in [0.15, 0.2) is 11.0 Å². The van der Waals surface area contributed by atoms with Gasteiger partial charge in [-0.25, -0.2) is 4.98 Å². The van der Waals surface area contributed by atoms with E-state index in [2.05, 4.69) is 25.1 Å². The second kappa shape index (κ2) is 8.96. The van der Waals surface area contributed by atoms with Gasteiger partial charge in [-0.3, -0.25) is 4.98 Å². The van der Waals surface area contributed by atoms with E-state index in [0.29, 0.717) is 17.4 Å². The molecule has 6 nitrogen and oxygen atoms in total. The summed E-state index contributed by atoms with van der Waals surface area (Å²) in [6.45, 7) is 5.00. The Morgan fingerprint density at radius 3 is 2.62 bits per heavy atom.